The van der Waals surface area contributed by atoms with E-state index in [2.05, 4.69) is 0 Å². The fourth-order valence-electron chi connectivity index (χ4n) is 1.60. The van der Waals surface area contributed by atoms with Gasteiger partial charge in [-0.05, 0) is 32.4 Å². The van der Waals surface area contributed by atoms with Gasteiger partial charge in [0.1, 0.15) is 5.60 Å². The fraction of sp³-hybridized carbons (Fsp3) is 0.429. The molecule has 0 aliphatic rings. The molecule has 7 nitrogen and oxygen atoms in total. The second-order valence-electron chi connectivity index (χ2n) is 5.42. The number of nitro groups is 1. The van der Waals surface area contributed by atoms with Crippen molar-refractivity contribution in [1.29, 1.82) is 0 Å². The minimum Gasteiger partial charge on any atom is -0.460 e. The molecule has 1 aromatic carbocycles. The van der Waals surface area contributed by atoms with E-state index in [0.29, 0.717) is 5.56 Å². The standard InChI is InChI=1S/C14H17NO6/c1-9(16)20-12-7-10(5-6-11(12)15(18)19)8-13(17)21-14(2,3)4/h5-7H,8H2,1-4H3. The summed E-state index contributed by atoms with van der Waals surface area (Å²) in [5.74, 6) is -1.33. The number of benzene rings is 1. The highest BCUT2D eigenvalue weighted by molar-refractivity contribution is 5.75. The Bertz CT molecular complexity index is 573. The summed E-state index contributed by atoms with van der Waals surface area (Å²) in [5, 5.41) is 10.8. The van der Waals surface area contributed by atoms with Crippen molar-refractivity contribution in [2.45, 2.75) is 39.7 Å². The quantitative estimate of drug-likeness (QED) is 0.366. The number of carbonyl (C=O) groups excluding carboxylic acids is 2. The summed E-state index contributed by atoms with van der Waals surface area (Å²) in [7, 11) is 0. The lowest BCUT2D eigenvalue weighted by Gasteiger charge is -2.19. The van der Waals surface area contributed by atoms with Gasteiger partial charge in [-0.15, -0.1) is 0 Å². The molecule has 0 aliphatic heterocycles. The van der Waals surface area contributed by atoms with Crippen LogP contribution in [0.4, 0.5) is 5.69 Å². The molecule has 0 N–H and O–H groups in total. The van der Waals surface area contributed by atoms with Crippen molar-refractivity contribution in [3.05, 3.63) is 33.9 Å². The van der Waals surface area contributed by atoms with Crippen molar-refractivity contribution in [2.75, 3.05) is 0 Å². The maximum Gasteiger partial charge on any atom is 0.311 e. The molecule has 21 heavy (non-hydrogen) atoms. The fourth-order valence-corrected chi connectivity index (χ4v) is 1.60. The Balaban J connectivity index is 2.97. The summed E-state index contributed by atoms with van der Waals surface area (Å²) in [6.07, 6.45) is -0.0659. The number of carbonyl (C=O) groups is 2. The molecule has 0 bridgehead atoms. The van der Waals surface area contributed by atoms with Crippen LogP contribution in [0.1, 0.15) is 33.3 Å². The van der Waals surface area contributed by atoms with Crippen molar-refractivity contribution in [3.8, 4) is 5.75 Å². The van der Waals surface area contributed by atoms with Crippen LogP contribution in [-0.4, -0.2) is 22.5 Å². The normalized spacial score (nSPS) is 10.9. The van der Waals surface area contributed by atoms with Crippen LogP contribution in [0.15, 0.2) is 18.2 Å². The molecule has 0 spiro atoms. The van der Waals surface area contributed by atoms with Crippen molar-refractivity contribution in [3.63, 3.8) is 0 Å². The number of esters is 2. The summed E-state index contributed by atoms with van der Waals surface area (Å²) in [5.41, 5.74) is -0.486. The molecule has 7 heteroatoms. The summed E-state index contributed by atoms with van der Waals surface area (Å²) < 4.78 is 9.96. The SMILES string of the molecule is CC(=O)Oc1cc(CC(=O)OC(C)(C)C)ccc1[N+](=O)[O-]. The highest BCUT2D eigenvalue weighted by Crippen LogP contribution is 2.28. The first kappa shape index (κ1) is 16.6. The third-order valence-electron chi connectivity index (χ3n) is 2.24. The van der Waals surface area contributed by atoms with Gasteiger partial charge in [0.25, 0.3) is 0 Å². The van der Waals surface area contributed by atoms with Crippen LogP contribution >= 0.6 is 0 Å². The van der Waals surface area contributed by atoms with Gasteiger partial charge in [0, 0.05) is 13.0 Å². The topological polar surface area (TPSA) is 95.7 Å². The van der Waals surface area contributed by atoms with Gasteiger partial charge in [-0.25, -0.2) is 0 Å². The zero-order valence-electron chi connectivity index (χ0n) is 12.3. The highest BCUT2D eigenvalue weighted by atomic mass is 16.6. The van der Waals surface area contributed by atoms with E-state index in [-0.39, 0.29) is 17.9 Å². The first-order valence-corrected chi connectivity index (χ1v) is 6.26. The summed E-state index contributed by atoms with van der Waals surface area (Å²) in [6, 6.07) is 3.91. The number of rotatable bonds is 4. The minimum absolute atomic E-state index is 0.0659. The van der Waals surface area contributed by atoms with E-state index in [1.54, 1.807) is 20.8 Å². The van der Waals surface area contributed by atoms with E-state index >= 15 is 0 Å². The zero-order valence-corrected chi connectivity index (χ0v) is 12.3. The number of hydrogen-bond donors (Lipinski definition) is 0. The van der Waals surface area contributed by atoms with E-state index in [0.717, 1.165) is 6.92 Å². The van der Waals surface area contributed by atoms with E-state index in [9.17, 15) is 19.7 Å². The molecule has 1 aromatic rings. The Morgan fingerprint density at radius 1 is 1.29 bits per heavy atom. The molecule has 0 radical (unpaired) electrons. The summed E-state index contributed by atoms with van der Waals surface area (Å²) >= 11 is 0. The molecule has 0 unspecified atom stereocenters. The van der Waals surface area contributed by atoms with Crippen molar-refractivity contribution in [2.24, 2.45) is 0 Å². The number of nitro benzene ring substituents is 1. The average Bonchev–Trinajstić information content (AvgIpc) is 2.24. The lowest BCUT2D eigenvalue weighted by molar-refractivity contribution is -0.385. The number of ether oxygens (including phenoxy) is 2. The number of hydrogen-bond acceptors (Lipinski definition) is 6. The largest absolute Gasteiger partial charge is 0.460 e. The lowest BCUT2D eigenvalue weighted by atomic mass is 10.1. The molecule has 0 heterocycles. The van der Waals surface area contributed by atoms with Crippen LogP contribution in [0.5, 0.6) is 5.75 Å². The second kappa shape index (κ2) is 6.34. The Labute approximate surface area is 122 Å². The summed E-state index contributed by atoms with van der Waals surface area (Å²) in [4.78, 5) is 32.9. The van der Waals surface area contributed by atoms with Gasteiger partial charge in [-0.2, -0.15) is 0 Å². The first-order valence-electron chi connectivity index (χ1n) is 6.26. The Hall–Kier alpha value is -2.44. The van der Waals surface area contributed by atoms with E-state index in [4.69, 9.17) is 9.47 Å². The monoisotopic (exact) mass is 295 g/mol. The van der Waals surface area contributed by atoms with Crippen LogP contribution in [-0.2, 0) is 20.7 Å². The molecular weight excluding hydrogens is 278 g/mol. The molecule has 0 atom stereocenters. The van der Waals surface area contributed by atoms with Gasteiger partial charge < -0.3 is 9.47 Å². The zero-order chi connectivity index (χ0) is 16.2. The Kier molecular flexibility index (Phi) is 5.02. The molecule has 0 fully saturated rings. The van der Waals surface area contributed by atoms with Gasteiger partial charge in [0.15, 0.2) is 0 Å². The average molecular weight is 295 g/mol. The lowest BCUT2D eigenvalue weighted by Crippen LogP contribution is -2.24. The first-order chi connectivity index (χ1) is 9.58. The third kappa shape index (κ3) is 5.60. The Morgan fingerprint density at radius 3 is 2.38 bits per heavy atom. The highest BCUT2D eigenvalue weighted by Gasteiger charge is 2.20. The van der Waals surface area contributed by atoms with E-state index in [1.807, 2.05) is 0 Å². The summed E-state index contributed by atoms with van der Waals surface area (Å²) in [6.45, 7) is 6.37. The molecule has 0 saturated heterocycles. The molecule has 0 amide bonds. The molecule has 1 rings (SSSR count). The van der Waals surface area contributed by atoms with Crippen LogP contribution < -0.4 is 4.74 Å². The van der Waals surface area contributed by atoms with Crippen LogP contribution in [0.25, 0.3) is 0 Å². The van der Waals surface area contributed by atoms with Crippen LogP contribution in [0.3, 0.4) is 0 Å². The van der Waals surface area contributed by atoms with E-state index < -0.39 is 22.5 Å². The van der Waals surface area contributed by atoms with Crippen molar-refractivity contribution >= 4 is 17.6 Å². The molecule has 114 valence electrons. The minimum atomic E-state index is -0.674. The maximum absolute atomic E-state index is 11.7. The Morgan fingerprint density at radius 2 is 1.90 bits per heavy atom. The third-order valence-corrected chi connectivity index (χ3v) is 2.24. The van der Waals surface area contributed by atoms with Crippen molar-refractivity contribution in [1.82, 2.24) is 0 Å². The molecular formula is C14H17NO6. The van der Waals surface area contributed by atoms with Gasteiger partial charge in [0.05, 0.1) is 11.3 Å². The van der Waals surface area contributed by atoms with Crippen LogP contribution in [0, 0.1) is 10.1 Å². The maximum atomic E-state index is 11.7. The van der Waals surface area contributed by atoms with Crippen molar-refractivity contribution < 1.29 is 24.0 Å². The predicted molar refractivity (Wildman–Crippen MR) is 74.0 cm³/mol. The van der Waals surface area contributed by atoms with Gasteiger partial charge in [-0.3, -0.25) is 19.7 Å². The predicted octanol–water partition coefficient (Wildman–Crippen LogP) is 2.40. The van der Waals surface area contributed by atoms with Gasteiger partial charge in [-0.1, -0.05) is 6.07 Å². The second-order valence-corrected chi connectivity index (χ2v) is 5.42. The molecule has 0 saturated carbocycles. The van der Waals surface area contributed by atoms with Crippen LogP contribution in [0.2, 0.25) is 0 Å². The number of nitrogens with zero attached hydrogens (tertiary/aromatic N) is 1. The van der Waals surface area contributed by atoms with Gasteiger partial charge >= 0.3 is 17.6 Å². The molecule has 0 aliphatic carbocycles. The van der Waals surface area contributed by atoms with Gasteiger partial charge in [0.2, 0.25) is 5.75 Å². The smallest absolute Gasteiger partial charge is 0.311 e. The molecule has 0 aromatic heterocycles. The van der Waals surface area contributed by atoms with E-state index in [1.165, 1.54) is 18.2 Å².